The maximum absolute atomic E-state index is 3.38. The zero-order valence-electron chi connectivity index (χ0n) is 9.25. The molecule has 14 heavy (non-hydrogen) atoms. The van der Waals surface area contributed by atoms with Crippen LogP contribution in [0, 0.1) is 6.20 Å². The van der Waals surface area contributed by atoms with Crippen LogP contribution >= 0.6 is 0 Å². The van der Waals surface area contributed by atoms with Gasteiger partial charge in [-0.2, -0.15) is 0 Å². The smallest absolute Gasteiger partial charge is 0.0642 e. The Morgan fingerprint density at radius 3 is 2.21 bits per heavy atom. The first-order valence-electron chi connectivity index (χ1n) is 5.18. The van der Waals surface area contributed by atoms with Crippen LogP contribution in [0.25, 0.3) is 5.57 Å². The van der Waals surface area contributed by atoms with Gasteiger partial charge >= 0.3 is 0 Å². The summed E-state index contributed by atoms with van der Waals surface area (Å²) in [6.07, 6.45) is 3.38. The van der Waals surface area contributed by atoms with Crippen LogP contribution in [0.2, 0.25) is 0 Å². The molecular formula is C13H18N. The fourth-order valence-electron chi connectivity index (χ4n) is 1.37. The van der Waals surface area contributed by atoms with Crippen LogP contribution in [0.5, 0.6) is 0 Å². The van der Waals surface area contributed by atoms with Crippen molar-refractivity contribution in [3.8, 4) is 0 Å². The van der Waals surface area contributed by atoms with Crippen LogP contribution in [-0.2, 0) is 0 Å². The minimum absolute atomic E-state index is 1.01. The molecule has 0 amide bonds. The van der Waals surface area contributed by atoms with Crippen molar-refractivity contribution in [3.05, 3.63) is 42.1 Å². The van der Waals surface area contributed by atoms with Gasteiger partial charge in [0.25, 0.3) is 0 Å². The summed E-state index contributed by atoms with van der Waals surface area (Å²) in [7, 11) is 0. The summed E-state index contributed by atoms with van der Waals surface area (Å²) in [6, 6.07) is 10.4. The summed E-state index contributed by atoms with van der Waals surface area (Å²) in [5, 5.41) is 0. The van der Waals surface area contributed by atoms with Gasteiger partial charge in [0.15, 0.2) is 0 Å². The molecule has 0 N–H and O–H groups in total. The minimum Gasteiger partial charge on any atom is -0.370 e. The average Bonchev–Trinajstić information content (AvgIpc) is 2.26. The van der Waals surface area contributed by atoms with Gasteiger partial charge in [0.1, 0.15) is 0 Å². The maximum atomic E-state index is 3.38. The fraction of sp³-hybridized carbons (Fsp3) is 0.385. The van der Waals surface area contributed by atoms with Gasteiger partial charge in [-0.1, -0.05) is 30.3 Å². The molecule has 0 heterocycles. The molecule has 0 aliphatic carbocycles. The van der Waals surface area contributed by atoms with Crippen molar-refractivity contribution in [2.75, 3.05) is 13.1 Å². The molecule has 0 unspecified atom stereocenters. The highest BCUT2D eigenvalue weighted by Gasteiger charge is 1.97. The summed E-state index contributed by atoms with van der Waals surface area (Å²) in [6.45, 7) is 8.43. The van der Waals surface area contributed by atoms with E-state index >= 15 is 0 Å². The lowest BCUT2D eigenvalue weighted by Crippen LogP contribution is -2.16. The average molecular weight is 188 g/mol. The second-order valence-electron chi connectivity index (χ2n) is 3.28. The predicted molar refractivity (Wildman–Crippen MR) is 61.7 cm³/mol. The largest absolute Gasteiger partial charge is 0.370 e. The predicted octanol–water partition coefficient (Wildman–Crippen LogP) is 3.19. The lowest BCUT2D eigenvalue weighted by molar-refractivity contribution is 0.401. The summed E-state index contributed by atoms with van der Waals surface area (Å²) >= 11 is 0. The number of hydrogen-bond acceptors (Lipinski definition) is 1. The lowest BCUT2D eigenvalue weighted by Gasteiger charge is -2.15. The van der Waals surface area contributed by atoms with Crippen molar-refractivity contribution in [3.63, 3.8) is 0 Å². The molecule has 1 nitrogen and oxygen atoms in total. The Bertz CT molecular complexity index is 283. The van der Waals surface area contributed by atoms with Gasteiger partial charge < -0.3 is 4.90 Å². The molecule has 1 heteroatoms. The highest BCUT2D eigenvalue weighted by molar-refractivity contribution is 5.61. The quantitative estimate of drug-likeness (QED) is 0.656. The van der Waals surface area contributed by atoms with E-state index in [9.17, 15) is 0 Å². The second-order valence-corrected chi connectivity index (χ2v) is 3.28. The van der Waals surface area contributed by atoms with Gasteiger partial charge in [-0.05, 0) is 31.9 Å². The number of rotatable bonds is 4. The first kappa shape index (κ1) is 10.8. The maximum Gasteiger partial charge on any atom is 0.0642 e. The van der Waals surface area contributed by atoms with E-state index in [2.05, 4.69) is 56.1 Å². The molecule has 0 aromatic heterocycles. The highest BCUT2D eigenvalue weighted by atomic mass is 15.1. The molecule has 0 aliphatic rings. The van der Waals surface area contributed by atoms with Crippen LogP contribution in [0.1, 0.15) is 26.3 Å². The topological polar surface area (TPSA) is 3.24 Å². The van der Waals surface area contributed by atoms with Gasteiger partial charge in [0.05, 0.1) is 6.20 Å². The van der Waals surface area contributed by atoms with Crippen LogP contribution in [0.3, 0.4) is 0 Å². The summed E-state index contributed by atoms with van der Waals surface area (Å²) in [5.41, 5.74) is 2.45. The third kappa shape index (κ3) is 2.91. The first-order chi connectivity index (χ1) is 6.77. The fourth-order valence-corrected chi connectivity index (χ4v) is 1.37. The van der Waals surface area contributed by atoms with Crippen LogP contribution in [0.15, 0.2) is 30.3 Å². The Hall–Kier alpha value is -1.24. The number of hydrogen-bond donors (Lipinski definition) is 0. The Kier molecular flexibility index (Phi) is 4.24. The minimum atomic E-state index is 1.01. The molecule has 0 spiro atoms. The Morgan fingerprint density at radius 1 is 1.14 bits per heavy atom. The lowest BCUT2D eigenvalue weighted by atomic mass is 10.1. The Balaban J connectivity index is 2.78. The van der Waals surface area contributed by atoms with Crippen molar-refractivity contribution in [2.45, 2.75) is 20.8 Å². The van der Waals surface area contributed by atoms with Crippen LogP contribution < -0.4 is 0 Å². The van der Waals surface area contributed by atoms with E-state index < -0.39 is 0 Å². The summed E-state index contributed by atoms with van der Waals surface area (Å²) in [4.78, 5) is 2.18. The van der Waals surface area contributed by atoms with Gasteiger partial charge in [-0.15, -0.1) is 0 Å². The third-order valence-corrected chi connectivity index (χ3v) is 2.30. The van der Waals surface area contributed by atoms with Gasteiger partial charge in [0, 0.05) is 13.1 Å². The van der Waals surface area contributed by atoms with Gasteiger partial charge in [0.2, 0.25) is 0 Å². The molecular weight excluding hydrogens is 170 g/mol. The van der Waals surface area contributed by atoms with E-state index in [0.29, 0.717) is 0 Å². The third-order valence-electron chi connectivity index (χ3n) is 2.30. The molecule has 0 fully saturated rings. The van der Waals surface area contributed by atoms with Crippen LogP contribution in [-0.4, -0.2) is 18.0 Å². The number of nitrogens with zero attached hydrogens (tertiary/aromatic N) is 1. The molecule has 0 saturated heterocycles. The van der Waals surface area contributed by atoms with E-state index in [0.717, 1.165) is 13.1 Å². The number of benzene rings is 1. The van der Waals surface area contributed by atoms with E-state index in [4.69, 9.17) is 0 Å². The zero-order chi connectivity index (χ0) is 10.4. The van der Waals surface area contributed by atoms with Crippen molar-refractivity contribution >= 4 is 5.57 Å². The van der Waals surface area contributed by atoms with Gasteiger partial charge in [-0.3, -0.25) is 0 Å². The molecule has 1 rings (SSSR count). The molecule has 0 saturated carbocycles. The van der Waals surface area contributed by atoms with Crippen molar-refractivity contribution in [1.29, 1.82) is 0 Å². The Morgan fingerprint density at radius 2 is 1.71 bits per heavy atom. The summed E-state index contributed by atoms with van der Waals surface area (Å²) in [5.74, 6) is 0. The molecule has 0 aliphatic heterocycles. The van der Waals surface area contributed by atoms with E-state index in [-0.39, 0.29) is 0 Å². The summed E-state index contributed by atoms with van der Waals surface area (Å²) < 4.78 is 0. The molecule has 0 atom stereocenters. The molecule has 1 aromatic rings. The van der Waals surface area contributed by atoms with Gasteiger partial charge in [-0.25, -0.2) is 0 Å². The highest BCUT2D eigenvalue weighted by Crippen LogP contribution is 2.12. The monoisotopic (exact) mass is 188 g/mol. The first-order valence-corrected chi connectivity index (χ1v) is 5.18. The second kappa shape index (κ2) is 5.48. The molecule has 75 valence electrons. The molecule has 1 aromatic carbocycles. The van der Waals surface area contributed by atoms with E-state index in [1.54, 1.807) is 0 Å². The molecule has 1 radical (unpaired) electrons. The SMILES string of the molecule is CCN(/[C]=C(\C)c1ccccc1)CC. The standard InChI is InChI=1S/C13H18N/c1-4-14(5-2)11-12(3)13-9-7-6-8-10-13/h6-10H,4-5H2,1-3H3. The van der Waals surface area contributed by atoms with E-state index in [1.165, 1.54) is 11.1 Å². The number of allylic oxidation sites excluding steroid dienone is 1. The molecule has 0 bridgehead atoms. The van der Waals surface area contributed by atoms with E-state index in [1.807, 2.05) is 6.07 Å². The Labute approximate surface area is 87.1 Å². The van der Waals surface area contributed by atoms with Crippen molar-refractivity contribution < 1.29 is 0 Å². The van der Waals surface area contributed by atoms with Crippen molar-refractivity contribution in [2.24, 2.45) is 0 Å². The van der Waals surface area contributed by atoms with Crippen molar-refractivity contribution in [1.82, 2.24) is 4.90 Å². The normalized spacial score (nSPS) is 11.5. The zero-order valence-corrected chi connectivity index (χ0v) is 9.25. The van der Waals surface area contributed by atoms with Crippen LogP contribution in [0.4, 0.5) is 0 Å².